The monoisotopic (exact) mass is 323 g/mol. The Morgan fingerprint density at radius 3 is 2.64 bits per heavy atom. The molecule has 2 aromatic heterocycles. The maximum Gasteiger partial charge on any atom is 0.244 e. The van der Waals surface area contributed by atoms with E-state index in [-0.39, 0.29) is 4.90 Å². The second-order valence-corrected chi connectivity index (χ2v) is 7.04. The molecule has 1 fully saturated rings. The van der Waals surface area contributed by atoms with E-state index in [1.807, 2.05) is 0 Å². The van der Waals surface area contributed by atoms with Crippen LogP contribution in [0.25, 0.3) is 0 Å². The molecule has 0 aromatic carbocycles. The first-order chi connectivity index (χ1) is 10.6. The molecular formula is C13H17N5O3S. The van der Waals surface area contributed by atoms with Crippen LogP contribution in [-0.2, 0) is 16.6 Å². The van der Waals surface area contributed by atoms with Crippen LogP contribution in [0.1, 0.15) is 11.7 Å². The van der Waals surface area contributed by atoms with Gasteiger partial charge in [-0.05, 0) is 12.1 Å². The minimum Gasteiger partial charge on any atom is -0.340 e. The second-order valence-electron chi connectivity index (χ2n) is 5.10. The minimum absolute atomic E-state index is 0.234. The van der Waals surface area contributed by atoms with Crippen LogP contribution in [0.2, 0.25) is 0 Å². The van der Waals surface area contributed by atoms with Gasteiger partial charge >= 0.3 is 0 Å². The fourth-order valence-corrected chi connectivity index (χ4v) is 3.77. The zero-order chi connectivity index (χ0) is 15.6. The highest BCUT2D eigenvalue weighted by Crippen LogP contribution is 2.17. The molecule has 3 rings (SSSR count). The predicted octanol–water partition coefficient (Wildman–Crippen LogP) is 0.280. The first-order valence-corrected chi connectivity index (χ1v) is 8.41. The van der Waals surface area contributed by atoms with Crippen LogP contribution in [0.4, 0.5) is 0 Å². The molecule has 2 aromatic rings. The van der Waals surface area contributed by atoms with Gasteiger partial charge in [-0.3, -0.25) is 9.88 Å². The molecular weight excluding hydrogens is 306 g/mol. The third-order valence-electron chi connectivity index (χ3n) is 3.54. The SMILES string of the molecule is Cc1nc(CN2CCN(S(=O)(=O)c3cccnc3)CC2)no1. The van der Waals surface area contributed by atoms with Crippen LogP contribution in [0.15, 0.2) is 33.9 Å². The Morgan fingerprint density at radius 1 is 1.27 bits per heavy atom. The average molecular weight is 323 g/mol. The number of hydrogen-bond donors (Lipinski definition) is 0. The van der Waals surface area contributed by atoms with Crippen LogP contribution < -0.4 is 0 Å². The van der Waals surface area contributed by atoms with Gasteiger partial charge in [-0.2, -0.15) is 9.29 Å². The Balaban J connectivity index is 1.62. The zero-order valence-corrected chi connectivity index (χ0v) is 13.0. The molecule has 0 aliphatic carbocycles. The van der Waals surface area contributed by atoms with Crippen LogP contribution >= 0.6 is 0 Å². The van der Waals surface area contributed by atoms with Gasteiger partial charge in [-0.1, -0.05) is 5.16 Å². The molecule has 1 saturated heterocycles. The number of pyridine rings is 1. The summed E-state index contributed by atoms with van der Waals surface area (Å²) in [6.45, 7) is 4.45. The fraction of sp³-hybridized carbons (Fsp3) is 0.462. The Labute approximate surface area is 128 Å². The fourth-order valence-electron chi connectivity index (χ4n) is 2.38. The molecule has 0 radical (unpaired) electrons. The van der Waals surface area contributed by atoms with E-state index in [2.05, 4.69) is 20.0 Å². The lowest BCUT2D eigenvalue weighted by Gasteiger charge is -2.33. The Hall–Kier alpha value is -1.84. The molecule has 1 aliphatic heterocycles. The Morgan fingerprint density at radius 2 is 2.05 bits per heavy atom. The largest absolute Gasteiger partial charge is 0.340 e. The molecule has 0 amide bonds. The molecule has 0 saturated carbocycles. The standard InChI is InChI=1S/C13H17N5O3S/c1-11-15-13(16-21-11)10-17-5-7-18(8-6-17)22(19,20)12-3-2-4-14-9-12/h2-4,9H,5-8,10H2,1H3. The summed E-state index contributed by atoms with van der Waals surface area (Å²) < 4.78 is 31.4. The van der Waals surface area contributed by atoms with Crippen molar-refractivity contribution in [2.24, 2.45) is 0 Å². The molecule has 0 unspecified atom stereocenters. The first-order valence-electron chi connectivity index (χ1n) is 6.97. The summed E-state index contributed by atoms with van der Waals surface area (Å²) in [6.07, 6.45) is 2.94. The van der Waals surface area contributed by atoms with Gasteiger partial charge in [-0.25, -0.2) is 8.42 Å². The zero-order valence-electron chi connectivity index (χ0n) is 12.2. The van der Waals surface area contributed by atoms with Gasteiger partial charge in [0.2, 0.25) is 15.9 Å². The second kappa shape index (κ2) is 6.11. The van der Waals surface area contributed by atoms with Crippen LogP contribution in [-0.4, -0.2) is 58.9 Å². The van der Waals surface area contributed by atoms with Crippen molar-refractivity contribution >= 4 is 10.0 Å². The van der Waals surface area contributed by atoms with Gasteiger partial charge in [0, 0.05) is 45.5 Å². The highest BCUT2D eigenvalue weighted by molar-refractivity contribution is 7.89. The summed E-state index contributed by atoms with van der Waals surface area (Å²) in [4.78, 5) is 10.4. The number of aromatic nitrogens is 3. The summed E-state index contributed by atoms with van der Waals surface area (Å²) in [5, 5.41) is 3.86. The van der Waals surface area contributed by atoms with E-state index in [9.17, 15) is 8.42 Å². The Bertz CT molecular complexity index is 723. The molecule has 0 atom stereocenters. The number of nitrogens with zero attached hydrogens (tertiary/aromatic N) is 5. The molecule has 22 heavy (non-hydrogen) atoms. The van der Waals surface area contributed by atoms with Gasteiger partial charge in [-0.15, -0.1) is 0 Å². The topological polar surface area (TPSA) is 92.4 Å². The van der Waals surface area contributed by atoms with E-state index in [4.69, 9.17) is 4.52 Å². The Kier molecular flexibility index (Phi) is 4.19. The number of rotatable bonds is 4. The van der Waals surface area contributed by atoms with Crippen molar-refractivity contribution in [2.75, 3.05) is 26.2 Å². The average Bonchev–Trinajstić information content (AvgIpc) is 2.94. The van der Waals surface area contributed by atoms with Crippen molar-refractivity contribution in [3.8, 4) is 0 Å². The number of sulfonamides is 1. The van der Waals surface area contributed by atoms with Crippen molar-refractivity contribution < 1.29 is 12.9 Å². The third kappa shape index (κ3) is 3.16. The van der Waals surface area contributed by atoms with Crippen molar-refractivity contribution in [3.63, 3.8) is 0 Å². The first kappa shape index (κ1) is 15.1. The quantitative estimate of drug-likeness (QED) is 0.798. The smallest absolute Gasteiger partial charge is 0.244 e. The summed E-state index contributed by atoms with van der Waals surface area (Å²) in [5.41, 5.74) is 0. The van der Waals surface area contributed by atoms with E-state index in [1.54, 1.807) is 25.3 Å². The van der Waals surface area contributed by atoms with E-state index < -0.39 is 10.0 Å². The summed E-state index contributed by atoms with van der Waals surface area (Å²) in [7, 11) is -3.46. The van der Waals surface area contributed by atoms with Crippen molar-refractivity contribution in [1.29, 1.82) is 0 Å². The summed E-state index contributed by atoms with van der Waals surface area (Å²) >= 11 is 0. The van der Waals surface area contributed by atoms with Gasteiger partial charge in [0.25, 0.3) is 0 Å². The molecule has 1 aliphatic rings. The third-order valence-corrected chi connectivity index (χ3v) is 5.42. The van der Waals surface area contributed by atoms with Gasteiger partial charge in [0.1, 0.15) is 4.90 Å². The van der Waals surface area contributed by atoms with Gasteiger partial charge in [0.15, 0.2) is 5.82 Å². The van der Waals surface area contributed by atoms with E-state index in [0.29, 0.717) is 44.4 Å². The molecule has 118 valence electrons. The lowest BCUT2D eigenvalue weighted by molar-refractivity contribution is 0.176. The molecule has 9 heteroatoms. The highest BCUT2D eigenvalue weighted by Gasteiger charge is 2.28. The van der Waals surface area contributed by atoms with E-state index >= 15 is 0 Å². The van der Waals surface area contributed by atoms with Crippen molar-refractivity contribution in [1.82, 2.24) is 24.3 Å². The maximum absolute atomic E-state index is 12.5. The lowest BCUT2D eigenvalue weighted by Crippen LogP contribution is -2.48. The number of piperazine rings is 1. The van der Waals surface area contributed by atoms with Gasteiger partial charge in [0.05, 0.1) is 6.54 Å². The molecule has 0 spiro atoms. The molecule has 0 N–H and O–H groups in total. The number of hydrogen-bond acceptors (Lipinski definition) is 7. The molecule has 8 nitrogen and oxygen atoms in total. The van der Waals surface area contributed by atoms with E-state index in [0.717, 1.165) is 0 Å². The predicted molar refractivity (Wildman–Crippen MR) is 77.3 cm³/mol. The van der Waals surface area contributed by atoms with Crippen molar-refractivity contribution in [3.05, 3.63) is 36.2 Å². The minimum atomic E-state index is -3.46. The highest BCUT2D eigenvalue weighted by atomic mass is 32.2. The number of aryl methyl sites for hydroxylation is 1. The van der Waals surface area contributed by atoms with Crippen LogP contribution in [0.3, 0.4) is 0 Å². The normalized spacial score (nSPS) is 17.7. The molecule has 0 bridgehead atoms. The van der Waals surface area contributed by atoms with Gasteiger partial charge < -0.3 is 4.52 Å². The van der Waals surface area contributed by atoms with Crippen LogP contribution in [0.5, 0.6) is 0 Å². The van der Waals surface area contributed by atoms with Crippen molar-refractivity contribution in [2.45, 2.75) is 18.4 Å². The lowest BCUT2D eigenvalue weighted by atomic mass is 10.3. The maximum atomic E-state index is 12.5. The summed E-state index contributed by atoms with van der Waals surface area (Å²) in [6, 6.07) is 3.19. The molecule has 3 heterocycles. The summed E-state index contributed by atoms with van der Waals surface area (Å²) in [5.74, 6) is 1.16. The van der Waals surface area contributed by atoms with Crippen LogP contribution in [0, 0.1) is 6.92 Å². The van der Waals surface area contributed by atoms with E-state index in [1.165, 1.54) is 10.5 Å².